The number of furan rings is 1. The third-order valence-electron chi connectivity index (χ3n) is 2.26. The molecule has 1 atom stereocenters. The second-order valence-electron chi connectivity index (χ2n) is 3.29. The average Bonchev–Trinajstić information content (AvgIpc) is 2.67. The molecule has 1 heterocycles. The molecule has 2 aromatic rings. The van der Waals surface area contributed by atoms with Gasteiger partial charge in [-0.05, 0) is 62.3 Å². The fourth-order valence-electron chi connectivity index (χ4n) is 1.52. The van der Waals surface area contributed by atoms with Crippen LogP contribution in [-0.2, 0) is 0 Å². The monoisotopic (exact) mass is 392 g/mol. The summed E-state index contributed by atoms with van der Waals surface area (Å²) >= 11 is 5.70. The maximum Gasteiger partial charge on any atom is 0.140 e. The third-order valence-corrected chi connectivity index (χ3v) is 3.58. The van der Waals surface area contributed by atoms with Gasteiger partial charge in [-0.1, -0.05) is 12.1 Å². The minimum atomic E-state index is -0.140. The van der Waals surface area contributed by atoms with Crippen molar-refractivity contribution in [3.63, 3.8) is 0 Å². The molecule has 0 aliphatic heterocycles. The average molecular weight is 393 g/mol. The second kappa shape index (κ2) is 5.31. The Balaban J connectivity index is 2.40. The van der Waals surface area contributed by atoms with E-state index in [1.165, 1.54) is 0 Å². The van der Waals surface area contributed by atoms with E-state index in [-0.39, 0.29) is 6.04 Å². The molecule has 0 amide bonds. The van der Waals surface area contributed by atoms with E-state index in [1.54, 1.807) is 6.26 Å². The highest BCUT2D eigenvalue weighted by molar-refractivity contribution is 14.1. The first-order chi connectivity index (χ1) is 7.72. The highest BCUT2D eigenvalue weighted by atomic mass is 127. The Morgan fingerprint density at radius 1 is 1.38 bits per heavy atom. The number of rotatable bonds is 3. The van der Waals surface area contributed by atoms with E-state index >= 15 is 0 Å². The first-order valence-corrected chi connectivity index (χ1v) is 6.54. The van der Waals surface area contributed by atoms with Crippen LogP contribution in [0.3, 0.4) is 0 Å². The van der Waals surface area contributed by atoms with Gasteiger partial charge in [-0.3, -0.25) is 5.84 Å². The highest BCUT2D eigenvalue weighted by Crippen LogP contribution is 2.29. The predicted molar refractivity (Wildman–Crippen MR) is 74.7 cm³/mol. The lowest BCUT2D eigenvalue weighted by Gasteiger charge is -2.14. The van der Waals surface area contributed by atoms with Crippen molar-refractivity contribution >= 4 is 38.5 Å². The SMILES string of the molecule is NNC(c1cccc(I)c1)c1occc1Br. The number of hydrazine groups is 1. The molecule has 3 N–H and O–H groups in total. The van der Waals surface area contributed by atoms with Crippen molar-refractivity contribution in [2.24, 2.45) is 5.84 Å². The molecule has 1 aromatic heterocycles. The molecule has 16 heavy (non-hydrogen) atoms. The Morgan fingerprint density at radius 3 is 2.75 bits per heavy atom. The maximum atomic E-state index is 5.58. The van der Waals surface area contributed by atoms with Crippen LogP contribution in [0.2, 0.25) is 0 Å². The summed E-state index contributed by atoms with van der Waals surface area (Å²) in [6.07, 6.45) is 1.64. The molecule has 0 aliphatic rings. The lowest BCUT2D eigenvalue weighted by atomic mass is 10.1. The lowest BCUT2D eigenvalue weighted by Crippen LogP contribution is -2.28. The highest BCUT2D eigenvalue weighted by Gasteiger charge is 2.18. The van der Waals surface area contributed by atoms with Crippen LogP contribution in [0.5, 0.6) is 0 Å². The number of halogens is 2. The van der Waals surface area contributed by atoms with Gasteiger partial charge in [0.15, 0.2) is 0 Å². The van der Waals surface area contributed by atoms with E-state index in [0.717, 1.165) is 19.4 Å². The first-order valence-electron chi connectivity index (χ1n) is 4.67. The van der Waals surface area contributed by atoms with Crippen LogP contribution < -0.4 is 11.3 Å². The van der Waals surface area contributed by atoms with Crippen molar-refractivity contribution in [1.29, 1.82) is 0 Å². The minimum absolute atomic E-state index is 0.140. The van der Waals surface area contributed by atoms with Gasteiger partial charge in [-0.2, -0.15) is 0 Å². The van der Waals surface area contributed by atoms with Gasteiger partial charge in [-0.25, -0.2) is 5.43 Å². The van der Waals surface area contributed by atoms with Crippen LogP contribution in [0.15, 0.2) is 45.5 Å². The Hall–Kier alpha value is -0.370. The maximum absolute atomic E-state index is 5.58. The van der Waals surface area contributed by atoms with E-state index in [9.17, 15) is 0 Å². The molecule has 5 heteroatoms. The Bertz CT molecular complexity index is 486. The molecule has 0 fully saturated rings. The van der Waals surface area contributed by atoms with Crippen molar-refractivity contribution in [2.45, 2.75) is 6.04 Å². The molecule has 0 bridgehead atoms. The fraction of sp³-hybridized carbons (Fsp3) is 0.0909. The zero-order valence-electron chi connectivity index (χ0n) is 8.28. The molecule has 1 aromatic carbocycles. The molecule has 0 saturated heterocycles. The first kappa shape index (κ1) is 12.1. The van der Waals surface area contributed by atoms with Gasteiger partial charge in [0.05, 0.1) is 10.7 Å². The van der Waals surface area contributed by atoms with Gasteiger partial charge in [0, 0.05) is 3.57 Å². The van der Waals surface area contributed by atoms with E-state index < -0.39 is 0 Å². The van der Waals surface area contributed by atoms with Crippen LogP contribution in [0.25, 0.3) is 0 Å². The van der Waals surface area contributed by atoms with Gasteiger partial charge in [-0.15, -0.1) is 0 Å². The Kier molecular flexibility index (Phi) is 4.01. The van der Waals surface area contributed by atoms with Crippen molar-refractivity contribution in [1.82, 2.24) is 5.43 Å². The number of nitrogens with one attached hydrogen (secondary N) is 1. The summed E-state index contributed by atoms with van der Waals surface area (Å²) in [7, 11) is 0. The zero-order chi connectivity index (χ0) is 11.5. The van der Waals surface area contributed by atoms with Gasteiger partial charge in [0.25, 0.3) is 0 Å². The van der Waals surface area contributed by atoms with E-state index in [4.69, 9.17) is 10.3 Å². The van der Waals surface area contributed by atoms with E-state index in [1.807, 2.05) is 24.3 Å². The quantitative estimate of drug-likeness (QED) is 0.479. The molecular weight excluding hydrogens is 383 g/mol. The van der Waals surface area contributed by atoms with Crippen LogP contribution in [0.1, 0.15) is 17.4 Å². The van der Waals surface area contributed by atoms with Gasteiger partial charge in [0.1, 0.15) is 11.8 Å². The zero-order valence-corrected chi connectivity index (χ0v) is 12.0. The molecule has 2 rings (SSSR count). The molecule has 0 spiro atoms. The normalized spacial score (nSPS) is 12.7. The van der Waals surface area contributed by atoms with E-state index in [2.05, 4.69) is 50.0 Å². The van der Waals surface area contributed by atoms with Crippen LogP contribution >= 0.6 is 38.5 Å². The van der Waals surface area contributed by atoms with Gasteiger partial charge >= 0.3 is 0 Å². The standard InChI is InChI=1S/C11H10BrIN2O/c12-9-4-5-16-11(9)10(15-14)7-2-1-3-8(13)6-7/h1-6,10,15H,14H2. The number of hydrogen-bond acceptors (Lipinski definition) is 3. The molecular formula is C11H10BrIN2O. The fourth-order valence-corrected chi connectivity index (χ4v) is 2.52. The van der Waals surface area contributed by atoms with Gasteiger partial charge < -0.3 is 4.42 Å². The van der Waals surface area contributed by atoms with E-state index in [0.29, 0.717) is 0 Å². The Morgan fingerprint density at radius 2 is 2.19 bits per heavy atom. The summed E-state index contributed by atoms with van der Waals surface area (Å²) in [6.45, 7) is 0. The number of benzene rings is 1. The van der Waals surface area contributed by atoms with Crippen LogP contribution in [-0.4, -0.2) is 0 Å². The minimum Gasteiger partial charge on any atom is -0.466 e. The molecule has 0 radical (unpaired) electrons. The van der Waals surface area contributed by atoms with Crippen LogP contribution in [0.4, 0.5) is 0 Å². The summed E-state index contributed by atoms with van der Waals surface area (Å²) in [5.74, 6) is 6.36. The number of hydrogen-bond donors (Lipinski definition) is 2. The van der Waals surface area contributed by atoms with Crippen molar-refractivity contribution in [3.05, 3.63) is 56.0 Å². The second-order valence-corrected chi connectivity index (χ2v) is 5.39. The van der Waals surface area contributed by atoms with Crippen LogP contribution in [0, 0.1) is 3.57 Å². The smallest absolute Gasteiger partial charge is 0.140 e. The number of nitrogens with two attached hydrogens (primary N) is 1. The third kappa shape index (κ3) is 2.48. The van der Waals surface area contributed by atoms with Gasteiger partial charge in [0.2, 0.25) is 0 Å². The molecule has 1 unspecified atom stereocenters. The summed E-state index contributed by atoms with van der Waals surface area (Å²) in [5, 5.41) is 0. The summed E-state index contributed by atoms with van der Waals surface area (Å²) in [6, 6.07) is 9.83. The molecule has 84 valence electrons. The summed E-state index contributed by atoms with van der Waals surface area (Å²) < 4.78 is 7.50. The molecule has 3 nitrogen and oxygen atoms in total. The van der Waals surface area contributed by atoms with Crippen molar-refractivity contribution < 1.29 is 4.42 Å². The summed E-state index contributed by atoms with van der Waals surface area (Å²) in [4.78, 5) is 0. The topological polar surface area (TPSA) is 51.2 Å². The molecule has 0 aliphatic carbocycles. The van der Waals surface area contributed by atoms with Crippen molar-refractivity contribution in [3.8, 4) is 0 Å². The largest absolute Gasteiger partial charge is 0.466 e. The lowest BCUT2D eigenvalue weighted by molar-refractivity contribution is 0.449. The summed E-state index contributed by atoms with van der Waals surface area (Å²) in [5.41, 5.74) is 3.84. The molecule has 0 saturated carbocycles. The Labute approximate surface area is 116 Å². The predicted octanol–water partition coefficient (Wildman–Crippen LogP) is 3.20. The van der Waals surface area contributed by atoms with Crippen molar-refractivity contribution in [2.75, 3.05) is 0 Å².